The normalized spacial score (nSPS) is 12.1. The number of furan rings is 1. The minimum atomic E-state index is -0.461. The summed E-state index contributed by atoms with van der Waals surface area (Å²) < 4.78 is 11.7. The van der Waals surface area contributed by atoms with Crippen molar-refractivity contribution in [2.75, 3.05) is 13.2 Å². The number of nitrogens with zero attached hydrogens (tertiary/aromatic N) is 1. The van der Waals surface area contributed by atoms with Gasteiger partial charge in [-0.15, -0.1) is 0 Å². The molecule has 0 aliphatic carbocycles. The van der Waals surface area contributed by atoms with Crippen molar-refractivity contribution in [3.05, 3.63) is 69.5 Å². The van der Waals surface area contributed by atoms with Crippen molar-refractivity contribution in [1.82, 2.24) is 5.32 Å². The second kappa shape index (κ2) is 11.6. The van der Waals surface area contributed by atoms with Crippen LogP contribution in [0.1, 0.15) is 68.1 Å². The molecule has 2 aromatic carbocycles. The fourth-order valence-electron chi connectivity index (χ4n) is 3.61. The fourth-order valence-corrected chi connectivity index (χ4v) is 3.61. The number of rotatable bonds is 13. The molecule has 0 amide bonds. The van der Waals surface area contributed by atoms with Gasteiger partial charge in [-0.1, -0.05) is 20.3 Å². The van der Waals surface area contributed by atoms with Crippen LogP contribution in [0.4, 0.5) is 5.69 Å². The van der Waals surface area contributed by atoms with Gasteiger partial charge in [0.2, 0.25) is 0 Å². The van der Waals surface area contributed by atoms with Crippen LogP contribution < -0.4 is 10.1 Å². The number of carbonyl (C=O) groups excluding carboxylic acids is 1. The second-order valence-corrected chi connectivity index (χ2v) is 8.26. The number of ketones is 1. The molecule has 1 heterocycles. The summed E-state index contributed by atoms with van der Waals surface area (Å²) in [6.45, 7) is 7.86. The Morgan fingerprint density at radius 3 is 2.58 bits per heavy atom. The van der Waals surface area contributed by atoms with E-state index >= 15 is 0 Å². The number of aryl methyl sites for hydroxylation is 1. The summed E-state index contributed by atoms with van der Waals surface area (Å²) in [6.07, 6.45) is 4.40. The van der Waals surface area contributed by atoms with Gasteiger partial charge < -0.3 is 14.5 Å². The Morgan fingerprint density at radius 1 is 1.15 bits per heavy atom. The van der Waals surface area contributed by atoms with Crippen LogP contribution in [0, 0.1) is 10.1 Å². The number of fused-ring (bicyclic) bond motifs is 1. The number of carbonyl (C=O) groups is 1. The standard InChI is InChI=1S/C26H32N2O5/c1-4-6-8-24-25(22-17-20(28(30)31)11-14-23(22)33-24)26(29)19-9-12-21(13-10-19)32-16-7-15-27-18(3)5-2/h9-14,17-18,27H,4-8,15-16H2,1-3H3. The van der Waals surface area contributed by atoms with Gasteiger partial charge in [0.05, 0.1) is 17.1 Å². The van der Waals surface area contributed by atoms with Crippen LogP contribution in [0.25, 0.3) is 11.0 Å². The molecule has 1 N–H and O–H groups in total. The van der Waals surface area contributed by atoms with E-state index in [1.165, 1.54) is 12.1 Å². The van der Waals surface area contributed by atoms with Gasteiger partial charge >= 0.3 is 0 Å². The Bertz CT molecular complexity index is 1090. The highest BCUT2D eigenvalue weighted by Gasteiger charge is 2.23. The summed E-state index contributed by atoms with van der Waals surface area (Å²) in [5.41, 5.74) is 1.33. The number of benzene rings is 2. The molecule has 0 saturated carbocycles. The van der Waals surface area contributed by atoms with Gasteiger partial charge in [-0.3, -0.25) is 14.9 Å². The molecule has 176 valence electrons. The van der Waals surface area contributed by atoms with Crippen LogP contribution in [0.2, 0.25) is 0 Å². The predicted octanol–water partition coefficient (Wildman–Crippen LogP) is 6.07. The van der Waals surface area contributed by atoms with Crippen molar-refractivity contribution in [3.8, 4) is 5.75 Å². The Labute approximate surface area is 194 Å². The zero-order valence-corrected chi connectivity index (χ0v) is 19.6. The van der Waals surface area contributed by atoms with Gasteiger partial charge in [-0.25, -0.2) is 0 Å². The van der Waals surface area contributed by atoms with Crippen molar-refractivity contribution in [2.24, 2.45) is 0 Å². The van der Waals surface area contributed by atoms with Gasteiger partial charge in [0.25, 0.3) is 5.69 Å². The summed E-state index contributed by atoms with van der Waals surface area (Å²) >= 11 is 0. The average molecular weight is 453 g/mol. The number of nitro groups is 1. The minimum absolute atomic E-state index is 0.0639. The minimum Gasteiger partial charge on any atom is -0.494 e. The van der Waals surface area contributed by atoms with E-state index in [-0.39, 0.29) is 11.5 Å². The number of hydrogen-bond donors (Lipinski definition) is 1. The van der Waals surface area contributed by atoms with E-state index < -0.39 is 4.92 Å². The Hall–Kier alpha value is -3.19. The smallest absolute Gasteiger partial charge is 0.270 e. The number of non-ortho nitro benzene ring substituents is 1. The maximum Gasteiger partial charge on any atom is 0.270 e. The average Bonchev–Trinajstić information content (AvgIpc) is 3.19. The topological polar surface area (TPSA) is 94.6 Å². The number of nitro benzene ring substituents is 1. The van der Waals surface area contributed by atoms with E-state index in [4.69, 9.17) is 9.15 Å². The van der Waals surface area contributed by atoms with Crippen molar-refractivity contribution < 1.29 is 18.9 Å². The summed E-state index contributed by atoms with van der Waals surface area (Å²) in [4.78, 5) is 24.2. The summed E-state index contributed by atoms with van der Waals surface area (Å²) in [7, 11) is 0. The molecule has 1 aromatic heterocycles. The third kappa shape index (κ3) is 6.20. The molecule has 33 heavy (non-hydrogen) atoms. The molecule has 0 radical (unpaired) electrons. The zero-order chi connectivity index (χ0) is 23.8. The molecule has 3 rings (SSSR count). The second-order valence-electron chi connectivity index (χ2n) is 8.26. The van der Waals surface area contributed by atoms with Crippen molar-refractivity contribution >= 4 is 22.4 Å². The van der Waals surface area contributed by atoms with E-state index in [2.05, 4.69) is 26.1 Å². The van der Waals surface area contributed by atoms with E-state index in [1.807, 2.05) is 0 Å². The van der Waals surface area contributed by atoms with Crippen LogP contribution in [0.3, 0.4) is 0 Å². The molecule has 7 nitrogen and oxygen atoms in total. The van der Waals surface area contributed by atoms with E-state index in [9.17, 15) is 14.9 Å². The molecule has 3 aromatic rings. The fraction of sp³-hybridized carbons (Fsp3) is 0.423. The lowest BCUT2D eigenvalue weighted by Gasteiger charge is -2.11. The SMILES string of the molecule is CCCCc1oc2ccc([N+](=O)[O-])cc2c1C(=O)c1ccc(OCCCNC(C)CC)cc1. The molecule has 1 atom stereocenters. The molecule has 0 bridgehead atoms. The molecule has 0 saturated heterocycles. The monoisotopic (exact) mass is 452 g/mol. The first-order valence-corrected chi connectivity index (χ1v) is 11.6. The van der Waals surface area contributed by atoms with Gasteiger partial charge in [0.1, 0.15) is 17.1 Å². The Balaban J connectivity index is 1.77. The third-order valence-electron chi connectivity index (χ3n) is 5.75. The summed E-state index contributed by atoms with van der Waals surface area (Å²) in [5.74, 6) is 1.07. The first kappa shape index (κ1) is 24.5. The first-order chi connectivity index (χ1) is 15.9. The summed E-state index contributed by atoms with van der Waals surface area (Å²) in [6, 6.07) is 11.9. The lowest BCUT2D eigenvalue weighted by atomic mass is 9.98. The van der Waals surface area contributed by atoms with Crippen LogP contribution in [-0.4, -0.2) is 29.9 Å². The lowest BCUT2D eigenvalue weighted by molar-refractivity contribution is -0.384. The van der Waals surface area contributed by atoms with Crippen molar-refractivity contribution in [1.29, 1.82) is 0 Å². The highest BCUT2D eigenvalue weighted by molar-refractivity contribution is 6.17. The number of nitrogens with one attached hydrogen (secondary N) is 1. The Kier molecular flexibility index (Phi) is 8.60. The van der Waals surface area contributed by atoms with Crippen molar-refractivity contribution in [2.45, 2.75) is 58.9 Å². The molecular formula is C26H32N2O5. The lowest BCUT2D eigenvalue weighted by Crippen LogP contribution is -2.27. The zero-order valence-electron chi connectivity index (χ0n) is 19.6. The molecule has 0 aliphatic rings. The first-order valence-electron chi connectivity index (χ1n) is 11.6. The number of unbranched alkanes of at least 4 members (excludes halogenated alkanes) is 1. The van der Waals surface area contributed by atoms with Gasteiger partial charge in [0, 0.05) is 35.5 Å². The van der Waals surface area contributed by atoms with Gasteiger partial charge in [-0.2, -0.15) is 0 Å². The van der Waals surface area contributed by atoms with E-state index in [1.54, 1.807) is 30.3 Å². The van der Waals surface area contributed by atoms with Gasteiger partial charge in [0.15, 0.2) is 5.78 Å². The number of hydrogen-bond acceptors (Lipinski definition) is 6. The van der Waals surface area contributed by atoms with Crippen molar-refractivity contribution in [3.63, 3.8) is 0 Å². The quantitative estimate of drug-likeness (QED) is 0.146. The molecule has 0 spiro atoms. The molecule has 0 fully saturated rings. The third-order valence-corrected chi connectivity index (χ3v) is 5.75. The molecule has 0 aliphatic heterocycles. The van der Waals surface area contributed by atoms with Crippen LogP contribution >= 0.6 is 0 Å². The van der Waals surface area contributed by atoms with E-state index in [0.29, 0.717) is 52.7 Å². The molecule has 1 unspecified atom stereocenters. The highest BCUT2D eigenvalue weighted by atomic mass is 16.6. The highest BCUT2D eigenvalue weighted by Crippen LogP contribution is 2.32. The number of ether oxygens (including phenoxy) is 1. The van der Waals surface area contributed by atoms with E-state index in [0.717, 1.165) is 32.2 Å². The maximum atomic E-state index is 13.4. The largest absolute Gasteiger partial charge is 0.494 e. The maximum absolute atomic E-state index is 13.4. The Morgan fingerprint density at radius 2 is 1.91 bits per heavy atom. The molecular weight excluding hydrogens is 420 g/mol. The van der Waals surface area contributed by atoms with Gasteiger partial charge in [-0.05, 0) is 63.1 Å². The summed E-state index contributed by atoms with van der Waals surface area (Å²) in [5, 5.41) is 15.2. The van der Waals surface area contributed by atoms with Crippen LogP contribution in [0.5, 0.6) is 5.75 Å². The van der Waals surface area contributed by atoms with Crippen LogP contribution in [-0.2, 0) is 6.42 Å². The molecule has 7 heteroatoms. The van der Waals surface area contributed by atoms with Crippen LogP contribution in [0.15, 0.2) is 46.9 Å². The predicted molar refractivity (Wildman–Crippen MR) is 129 cm³/mol.